The molecule has 116 valence electrons. The lowest BCUT2D eigenvalue weighted by Crippen LogP contribution is -2.31. The Morgan fingerprint density at radius 2 is 2.24 bits per heavy atom. The molecule has 21 heavy (non-hydrogen) atoms. The maximum absolute atomic E-state index is 13.4. The molecule has 0 aliphatic carbocycles. The van der Waals surface area contributed by atoms with Gasteiger partial charge in [-0.05, 0) is 42.9 Å². The molecule has 2 rings (SSSR count). The van der Waals surface area contributed by atoms with E-state index >= 15 is 0 Å². The second kappa shape index (κ2) is 7.55. The van der Waals surface area contributed by atoms with Crippen molar-refractivity contribution in [3.8, 4) is 0 Å². The van der Waals surface area contributed by atoms with Crippen molar-refractivity contribution < 1.29 is 13.9 Å². The summed E-state index contributed by atoms with van der Waals surface area (Å²) in [7, 11) is 1.67. The molecule has 1 amide bonds. The van der Waals surface area contributed by atoms with Crippen LogP contribution in [0.4, 0.5) is 4.39 Å². The van der Waals surface area contributed by atoms with Crippen LogP contribution >= 0.6 is 0 Å². The summed E-state index contributed by atoms with van der Waals surface area (Å²) in [6.45, 7) is 3.59. The molecule has 0 bridgehead atoms. The van der Waals surface area contributed by atoms with Crippen LogP contribution in [0, 0.1) is 11.7 Å². The second-order valence-corrected chi connectivity index (χ2v) is 5.80. The van der Waals surface area contributed by atoms with Crippen LogP contribution in [0.15, 0.2) is 24.3 Å². The number of hydrogen-bond acceptors (Lipinski definition) is 2. The summed E-state index contributed by atoms with van der Waals surface area (Å²) in [6.07, 6.45) is 3.26. The van der Waals surface area contributed by atoms with Crippen LogP contribution in [0.5, 0.6) is 0 Å². The first-order chi connectivity index (χ1) is 10.1. The largest absolute Gasteiger partial charge is 0.385 e. The number of amides is 1. The number of carbonyl (C=O) groups is 1. The summed E-state index contributed by atoms with van der Waals surface area (Å²) in [6, 6.07) is 6.64. The normalized spacial score (nSPS) is 21.8. The number of halogens is 1. The van der Waals surface area contributed by atoms with Crippen molar-refractivity contribution in [2.45, 2.75) is 38.6 Å². The minimum absolute atomic E-state index is 0.00984. The SMILES string of the molecule is COCCCCC(=O)N1CC[C@@H](C)[C@H]1c1cccc(F)c1. The fraction of sp³-hybridized carbons (Fsp3) is 0.588. The van der Waals surface area contributed by atoms with Crippen molar-refractivity contribution in [2.75, 3.05) is 20.3 Å². The maximum atomic E-state index is 13.4. The average molecular weight is 293 g/mol. The number of ether oxygens (including phenoxy) is 1. The number of benzene rings is 1. The fourth-order valence-electron chi connectivity index (χ4n) is 3.09. The van der Waals surface area contributed by atoms with Gasteiger partial charge < -0.3 is 9.64 Å². The molecule has 1 aromatic rings. The fourth-order valence-corrected chi connectivity index (χ4v) is 3.09. The first kappa shape index (κ1) is 16.0. The molecule has 0 aromatic heterocycles. The van der Waals surface area contributed by atoms with Crippen LogP contribution in [-0.2, 0) is 9.53 Å². The van der Waals surface area contributed by atoms with Crippen molar-refractivity contribution in [1.82, 2.24) is 4.90 Å². The van der Waals surface area contributed by atoms with Gasteiger partial charge in [0.2, 0.25) is 5.91 Å². The number of likely N-dealkylation sites (tertiary alicyclic amines) is 1. The Morgan fingerprint density at radius 1 is 1.43 bits per heavy atom. The molecule has 0 N–H and O–H groups in total. The van der Waals surface area contributed by atoms with Crippen molar-refractivity contribution in [1.29, 1.82) is 0 Å². The van der Waals surface area contributed by atoms with E-state index in [4.69, 9.17) is 4.74 Å². The molecule has 4 heteroatoms. The lowest BCUT2D eigenvalue weighted by Gasteiger charge is -2.27. The minimum Gasteiger partial charge on any atom is -0.385 e. The molecule has 0 unspecified atom stereocenters. The van der Waals surface area contributed by atoms with E-state index in [1.807, 2.05) is 11.0 Å². The van der Waals surface area contributed by atoms with Gasteiger partial charge in [-0.1, -0.05) is 19.1 Å². The predicted octanol–water partition coefficient (Wildman–Crippen LogP) is 3.55. The Morgan fingerprint density at radius 3 is 2.95 bits per heavy atom. The molecule has 0 radical (unpaired) electrons. The Balaban J connectivity index is 2.02. The Hall–Kier alpha value is -1.42. The topological polar surface area (TPSA) is 29.5 Å². The molecular weight excluding hydrogens is 269 g/mol. The summed E-state index contributed by atoms with van der Waals surface area (Å²) in [5.41, 5.74) is 0.908. The summed E-state index contributed by atoms with van der Waals surface area (Å²) in [4.78, 5) is 14.3. The van der Waals surface area contributed by atoms with E-state index in [1.165, 1.54) is 6.07 Å². The van der Waals surface area contributed by atoms with E-state index in [0.29, 0.717) is 18.9 Å². The molecule has 0 saturated carbocycles. The van der Waals surface area contributed by atoms with Gasteiger partial charge in [-0.2, -0.15) is 0 Å². The number of unbranched alkanes of at least 4 members (excludes halogenated alkanes) is 1. The number of methoxy groups -OCH3 is 1. The molecule has 3 nitrogen and oxygen atoms in total. The lowest BCUT2D eigenvalue weighted by molar-refractivity contribution is -0.132. The van der Waals surface area contributed by atoms with Crippen LogP contribution in [0.25, 0.3) is 0 Å². The van der Waals surface area contributed by atoms with Crippen LogP contribution in [0.2, 0.25) is 0 Å². The van der Waals surface area contributed by atoms with Gasteiger partial charge in [0.1, 0.15) is 5.82 Å². The molecular formula is C17H24FNO2. The predicted molar refractivity (Wildman–Crippen MR) is 80.4 cm³/mol. The van der Waals surface area contributed by atoms with E-state index in [9.17, 15) is 9.18 Å². The van der Waals surface area contributed by atoms with E-state index in [2.05, 4.69) is 6.92 Å². The zero-order valence-electron chi connectivity index (χ0n) is 12.8. The summed E-state index contributed by atoms with van der Waals surface area (Å²) < 4.78 is 18.4. The van der Waals surface area contributed by atoms with Gasteiger partial charge in [0.15, 0.2) is 0 Å². The first-order valence-electron chi connectivity index (χ1n) is 7.67. The number of nitrogens with zero attached hydrogens (tertiary/aromatic N) is 1. The minimum atomic E-state index is -0.237. The summed E-state index contributed by atoms with van der Waals surface area (Å²) >= 11 is 0. The van der Waals surface area contributed by atoms with Crippen molar-refractivity contribution >= 4 is 5.91 Å². The van der Waals surface area contributed by atoms with E-state index < -0.39 is 0 Å². The maximum Gasteiger partial charge on any atom is 0.223 e. The standard InChI is InChI=1S/C17H24FNO2/c1-13-9-10-19(16(20)8-3-4-11-21-2)17(13)14-6-5-7-15(18)12-14/h5-7,12-13,17H,3-4,8-11H2,1-2H3/t13-,17+/m1/s1. The van der Waals surface area contributed by atoms with Crippen LogP contribution in [-0.4, -0.2) is 31.1 Å². The van der Waals surface area contributed by atoms with Crippen LogP contribution < -0.4 is 0 Å². The highest BCUT2D eigenvalue weighted by atomic mass is 19.1. The molecule has 0 spiro atoms. The summed E-state index contributed by atoms with van der Waals surface area (Å²) in [5.74, 6) is 0.304. The second-order valence-electron chi connectivity index (χ2n) is 5.80. The zero-order valence-corrected chi connectivity index (χ0v) is 12.8. The van der Waals surface area contributed by atoms with Gasteiger partial charge >= 0.3 is 0 Å². The van der Waals surface area contributed by atoms with Crippen molar-refractivity contribution in [3.63, 3.8) is 0 Å². The van der Waals surface area contributed by atoms with E-state index in [1.54, 1.807) is 19.2 Å². The third-order valence-corrected chi connectivity index (χ3v) is 4.20. The number of hydrogen-bond donors (Lipinski definition) is 0. The van der Waals surface area contributed by atoms with Gasteiger partial charge in [-0.15, -0.1) is 0 Å². The monoisotopic (exact) mass is 293 g/mol. The molecule has 2 atom stereocenters. The van der Waals surface area contributed by atoms with Crippen molar-refractivity contribution in [2.24, 2.45) is 5.92 Å². The van der Waals surface area contributed by atoms with Crippen LogP contribution in [0.3, 0.4) is 0 Å². The molecule has 1 aliphatic heterocycles. The molecule has 1 heterocycles. The van der Waals surface area contributed by atoms with Gasteiger partial charge in [-0.3, -0.25) is 4.79 Å². The highest BCUT2D eigenvalue weighted by molar-refractivity contribution is 5.77. The molecule has 1 fully saturated rings. The van der Waals surface area contributed by atoms with Gasteiger partial charge in [0.25, 0.3) is 0 Å². The highest BCUT2D eigenvalue weighted by Crippen LogP contribution is 2.37. The molecule has 1 aromatic carbocycles. The van der Waals surface area contributed by atoms with E-state index in [0.717, 1.165) is 31.4 Å². The Bertz CT molecular complexity index is 478. The van der Waals surface area contributed by atoms with Gasteiger partial charge in [-0.25, -0.2) is 4.39 Å². The average Bonchev–Trinajstić information content (AvgIpc) is 2.85. The van der Waals surface area contributed by atoms with Crippen LogP contribution in [0.1, 0.15) is 44.2 Å². The Labute approximate surface area is 126 Å². The van der Waals surface area contributed by atoms with Gasteiger partial charge in [0.05, 0.1) is 6.04 Å². The molecule has 1 saturated heterocycles. The third-order valence-electron chi connectivity index (χ3n) is 4.20. The summed E-state index contributed by atoms with van der Waals surface area (Å²) in [5, 5.41) is 0. The lowest BCUT2D eigenvalue weighted by atomic mass is 9.95. The third kappa shape index (κ3) is 4.03. The smallest absolute Gasteiger partial charge is 0.223 e. The zero-order chi connectivity index (χ0) is 15.2. The first-order valence-corrected chi connectivity index (χ1v) is 7.67. The number of carbonyl (C=O) groups excluding carboxylic acids is 1. The van der Waals surface area contributed by atoms with E-state index in [-0.39, 0.29) is 17.8 Å². The highest BCUT2D eigenvalue weighted by Gasteiger charge is 2.35. The van der Waals surface area contributed by atoms with Gasteiger partial charge in [0, 0.05) is 26.7 Å². The molecule has 1 aliphatic rings. The quantitative estimate of drug-likeness (QED) is 0.751. The van der Waals surface area contributed by atoms with Crippen molar-refractivity contribution in [3.05, 3.63) is 35.6 Å². The number of rotatable bonds is 6. The Kier molecular flexibility index (Phi) is 5.74.